The zero-order valence-corrected chi connectivity index (χ0v) is 12.6. The molecular weight excluding hydrogens is 276 g/mol. The van der Waals surface area contributed by atoms with E-state index in [-0.39, 0.29) is 5.91 Å². The SMILES string of the molecule is COc1ccccc1C(=O)NCCC1CNc2ccccc21. The van der Waals surface area contributed by atoms with Crippen molar-refractivity contribution in [2.75, 3.05) is 25.5 Å². The standard InChI is InChI=1S/C18H20N2O2/c1-22-17-9-5-3-7-15(17)18(21)19-11-10-13-12-20-16-8-4-2-6-14(13)16/h2-9,13,20H,10-12H2,1H3,(H,19,21). The predicted octanol–water partition coefficient (Wildman–Crippen LogP) is 3.02. The monoisotopic (exact) mass is 296 g/mol. The lowest BCUT2D eigenvalue weighted by molar-refractivity contribution is 0.0949. The Kier molecular flexibility index (Phi) is 4.28. The van der Waals surface area contributed by atoms with Crippen LogP contribution in [0.2, 0.25) is 0 Å². The van der Waals surface area contributed by atoms with Gasteiger partial charge < -0.3 is 15.4 Å². The Morgan fingerprint density at radius 2 is 2.00 bits per heavy atom. The zero-order chi connectivity index (χ0) is 15.4. The fourth-order valence-electron chi connectivity index (χ4n) is 2.90. The smallest absolute Gasteiger partial charge is 0.255 e. The molecule has 1 aliphatic rings. The van der Waals surface area contributed by atoms with Crippen LogP contribution in [-0.2, 0) is 0 Å². The molecule has 2 N–H and O–H groups in total. The van der Waals surface area contributed by atoms with Gasteiger partial charge in [-0.3, -0.25) is 4.79 Å². The number of carbonyl (C=O) groups is 1. The molecule has 0 saturated heterocycles. The molecule has 0 radical (unpaired) electrons. The van der Waals surface area contributed by atoms with Gasteiger partial charge in [0.1, 0.15) is 5.75 Å². The molecule has 1 aliphatic heterocycles. The fourth-order valence-corrected chi connectivity index (χ4v) is 2.90. The summed E-state index contributed by atoms with van der Waals surface area (Å²) in [7, 11) is 1.58. The van der Waals surface area contributed by atoms with Gasteiger partial charge in [0.2, 0.25) is 0 Å². The normalized spacial score (nSPS) is 15.8. The van der Waals surface area contributed by atoms with Gasteiger partial charge in [-0.25, -0.2) is 0 Å². The molecule has 1 heterocycles. The highest BCUT2D eigenvalue weighted by Crippen LogP contribution is 2.32. The number of amides is 1. The number of fused-ring (bicyclic) bond motifs is 1. The summed E-state index contributed by atoms with van der Waals surface area (Å²) in [5, 5.41) is 6.39. The lowest BCUT2D eigenvalue weighted by Gasteiger charge is -2.12. The van der Waals surface area contributed by atoms with Gasteiger partial charge in [0.25, 0.3) is 5.91 Å². The van der Waals surface area contributed by atoms with E-state index in [1.54, 1.807) is 19.2 Å². The van der Waals surface area contributed by atoms with Crippen molar-refractivity contribution in [2.24, 2.45) is 0 Å². The van der Waals surface area contributed by atoms with Gasteiger partial charge in [0.15, 0.2) is 0 Å². The third-order valence-corrected chi connectivity index (χ3v) is 4.07. The maximum Gasteiger partial charge on any atom is 0.255 e. The van der Waals surface area contributed by atoms with Crippen LogP contribution in [0, 0.1) is 0 Å². The second kappa shape index (κ2) is 6.52. The van der Waals surface area contributed by atoms with Gasteiger partial charge >= 0.3 is 0 Å². The molecule has 1 unspecified atom stereocenters. The van der Waals surface area contributed by atoms with E-state index in [1.807, 2.05) is 18.2 Å². The number of ether oxygens (including phenoxy) is 1. The second-order valence-electron chi connectivity index (χ2n) is 5.41. The molecule has 0 fully saturated rings. The van der Waals surface area contributed by atoms with Gasteiger partial charge in [-0.05, 0) is 30.2 Å². The number of carbonyl (C=O) groups excluding carboxylic acids is 1. The molecule has 0 bridgehead atoms. The molecule has 1 atom stereocenters. The zero-order valence-electron chi connectivity index (χ0n) is 12.6. The molecule has 4 nitrogen and oxygen atoms in total. The number of benzene rings is 2. The number of hydrogen-bond acceptors (Lipinski definition) is 3. The van der Waals surface area contributed by atoms with Crippen LogP contribution in [0.25, 0.3) is 0 Å². The van der Waals surface area contributed by atoms with E-state index in [0.29, 0.717) is 23.8 Å². The first kappa shape index (κ1) is 14.4. The third kappa shape index (κ3) is 2.91. The molecule has 0 saturated carbocycles. The van der Waals surface area contributed by atoms with Crippen LogP contribution in [0.15, 0.2) is 48.5 Å². The molecule has 0 aliphatic carbocycles. The maximum absolute atomic E-state index is 12.2. The number of methoxy groups -OCH3 is 1. The van der Waals surface area contributed by atoms with Crippen molar-refractivity contribution in [3.8, 4) is 5.75 Å². The minimum absolute atomic E-state index is 0.0864. The van der Waals surface area contributed by atoms with Crippen LogP contribution in [0.4, 0.5) is 5.69 Å². The van der Waals surface area contributed by atoms with Crippen LogP contribution in [0.1, 0.15) is 28.3 Å². The van der Waals surface area contributed by atoms with Crippen molar-refractivity contribution < 1.29 is 9.53 Å². The largest absolute Gasteiger partial charge is 0.496 e. The summed E-state index contributed by atoms with van der Waals surface area (Å²) in [4.78, 5) is 12.2. The van der Waals surface area contributed by atoms with Crippen LogP contribution in [-0.4, -0.2) is 26.1 Å². The Bertz CT molecular complexity index is 670. The molecular formula is C18H20N2O2. The molecule has 1 amide bonds. The summed E-state index contributed by atoms with van der Waals surface area (Å²) in [6.45, 7) is 1.58. The fraction of sp³-hybridized carbons (Fsp3) is 0.278. The van der Waals surface area contributed by atoms with E-state index in [0.717, 1.165) is 13.0 Å². The summed E-state index contributed by atoms with van der Waals surface area (Å²) in [6.07, 6.45) is 0.922. The molecule has 0 spiro atoms. The number of para-hydroxylation sites is 2. The van der Waals surface area contributed by atoms with Crippen molar-refractivity contribution in [3.05, 3.63) is 59.7 Å². The van der Waals surface area contributed by atoms with Crippen molar-refractivity contribution in [1.29, 1.82) is 0 Å². The first-order valence-corrected chi connectivity index (χ1v) is 7.53. The van der Waals surface area contributed by atoms with E-state index < -0.39 is 0 Å². The lowest BCUT2D eigenvalue weighted by atomic mass is 9.98. The Hall–Kier alpha value is -2.49. The predicted molar refractivity (Wildman–Crippen MR) is 87.6 cm³/mol. The molecule has 3 rings (SSSR count). The maximum atomic E-state index is 12.2. The van der Waals surface area contributed by atoms with Crippen LogP contribution in [0.3, 0.4) is 0 Å². The van der Waals surface area contributed by atoms with Crippen molar-refractivity contribution >= 4 is 11.6 Å². The topological polar surface area (TPSA) is 50.4 Å². The average molecular weight is 296 g/mol. The summed E-state index contributed by atoms with van der Waals surface area (Å²) in [5.74, 6) is 0.971. The number of nitrogens with one attached hydrogen (secondary N) is 2. The summed E-state index contributed by atoms with van der Waals surface area (Å²) in [5.41, 5.74) is 3.13. The minimum Gasteiger partial charge on any atom is -0.496 e. The highest BCUT2D eigenvalue weighted by atomic mass is 16.5. The Labute approximate surface area is 130 Å². The van der Waals surface area contributed by atoms with Crippen molar-refractivity contribution in [2.45, 2.75) is 12.3 Å². The number of rotatable bonds is 5. The van der Waals surface area contributed by atoms with Crippen LogP contribution < -0.4 is 15.4 Å². The molecule has 2 aromatic carbocycles. The third-order valence-electron chi connectivity index (χ3n) is 4.07. The van der Waals surface area contributed by atoms with Gasteiger partial charge in [0, 0.05) is 24.7 Å². The van der Waals surface area contributed by atoms with Gasteiger partial charge in [0.05, 0.1) is 12.7 Å². The van der Waals surface area contributed by atoms with E-state index >= 15 is 0 Å². The quantitative estimate of drug-likeness (QED) is 0.891. The van der Waals surface area contributed by atoms with Crippen molar-refractivity contribution in [1.82, 2.24) is 5.32 Å². The molecule has 22 heavy (non-hydrogen) atoms. The summed E-state index contributed by atoms with van der Waals surface area (Å²) < 4.78 is 5.22. The van der Waals surface area contributed by atoms with Crippen molar-refractivity contribution in [3.63, 3.8) is 0 Å². The molecule has 2 aromatic rings. The minimum atomic E-state index is -0.0864. The van der Waals surface area contributed by atoms with E-state index in [1.165, 1.54) is 11.3 Å². The number of anilines is 1. The first-order valence-electron chi connectivity index (χ1n) is 7.53. The van der Waals surface area contributed by atoms with Gasteiger partial charge in [-0.15, -0.1) is 0 Å². The Morgan fingerprint density at radius 3 is 2.86 bits per heavy atom. The summed E-state index contributed by atoms with van der Waals surface area (Å²) in [6, 6.07) is 15.6. The van der Waals surface area contributed by atoms with E-state index in [4.69, 9.17) is 4.74 Å². The molecule has 114 valence electrons. The summed E-state index contributed by atoms with van der Waals surface area (Å²) >= 11 is 0. The highest BCUT2D eigenvalue weighted by molar-refractivity contribution is 5.96. The Morgan fingerprint density at radius 1 is 1.23 bits per heavy atom. The van der Waals surface area contributed by atoms with Gasteiger partial charge in [-0.2, -0.15) is 0 Å². The number of hydrogen-bond donors (Lipinski definition) is 2. The van der Waals surface area contributed by atoms with Crippen LogP contribution in [0.5, 0.6) is 5.75 Å². The molecule has 0 aromatic heterocycles. The highest BCUT2D eigenvalue weighted by Gasteiger charge is 2.21. The van der Waals surface area contributed by atoms with Crippen LogP contribution >= 0.6 is 0 Å². The lowest BCUT2D eigenvalue weighted by Crippen LogP contribution is -2.26. The molecule has 4 heteroatoms. The first-order chi connectivity index (χ1) is 10.8. The second-order valence-corrected chi connectivity index (χ2v) is 5.41. The van der Waals surface area contributed by atoms with Gasteiger partial charge in [-0.1, -0.05) is 30.3 Å². The average Bonchev–Trinajstić information content (AvgIpc) is 2.98. The van der Waals surface area contributed by atoms with E-state index in [9.17, 15) is 4.79 Å². The Balaban J connectivity index is 1.57. The van der Waals surface area contributed by atoms with E-state index in [2.05, 4.69) is 28.8 Å².